The van der Waals surface area contributed by atoms with Crippen LogP contribution in [0.1, 0.15) is 42.9 Å². The zero-order valence-corrected chi connectivity index (χ0v) is 19.4. The zero-order valence-electron chi connectivity index (χ0n) is 17.1. The summed E-state index contributed by atoms with van der Waals surface area (Å²) in [7, 11) is 1.80. The zero-order chi connectivity index (χ0) is 19.2. The van der Waals surface area contributed by atoms with Crippen LogP contribution in [0.15, 0.2) is 29.3 Å². The Morgan fingerprint density at radius 1 is 1.21 bits per heavy atom. The second kappa shape index (κ2) is 10.8. The number of nitrogens with one attached hydrogen (secondary N) is 2. The molecular weight excluding hydrogens is 479 g/mol. The van der Waals surface area contributed by atoms with Crippen molar-refractivity contribution in [3.8, 4) is 5.75 Å². The average Bonchev–Trinajstić information content (AvgIpc) is 3.23. The molecule has 1 atom stereocenters. The summed E-state index contributed by atoms with van der Waals surface area (Å²) in [5, 5.41) is 15.6. The summed E-state index contributed by atoms with van der Waals surface area (Å²) < 4.78 is 8.30. The van der Waals surface area contributed by atoms with Crippen molar-refractivity contribution in [3.05, 3.63) is 41.5 Å². The highest BCUT2D eigenvalue weighted by Gasteiger charge is 2.22. The lowest BCUT2D eigenvalue weighted by Crippen LogP contribution is -2.42. The first-order chi connectivity index (χ1) is 13.8. The molecular formula is C21H31IN6O. The summed E-state index contributed by atoms with van der Waals surface area (Å²) in [6, 6.07) is 8.25. The predicted octanol–water partition coefficient (Wildman–Crippen LogP) is 2.72. The number of ether oxygens (including phenoxy) is 1. The van der Waals surface area contributed by atoms with Gasteiger partial charge in [-0.3, -0.25) is 4.99 Å². The Bertz CT molecular complexity index is 796. The van der Waals surface area contributed by atoms with Gasteiger partial charge in [0.05, 0.1) is 6.54 Å². The normalized spacial score (nSPS) is 18.1. The van der Waals surface area contributed by atoms with Crippen molar-refractivity contribution in [3.63, 3.8) is 0 Å². The number of aryl methyl sites for hydroxylation is 2. The first kappa shape index (κ1) is 21.9. The molecule has 0 saturated carbocycles. The van der Waals surface area contributed by atoms with Crippen molar-refractivity contribution >= 4 is 29.9 Å². The van der Waals surface area contributed by atoms with Crippen LogP contribution in [0.25, 0.3) is 0 Å². The molecule has 2 aliphatic rings. The molecule has 0 spiro atoms. The average molecular weight is 510 g/mol. The minimum Gasteiger partial charge on any atom is -0.488 e. The van der Waals surface area contributed by atoms with Gasteiger partial charge >= 0.3 is 0 Å². The van der Waals surface area contributed by atoms with Gasteiger partial charge in [-0.2, -0.15) is 0 Å². The van der Waals surface area contributed by atoms with Gasteiger partial charge in [0.15, 0.2) is 5.96 Å². The Kier molecular flexibility index (Phi) is 8.14. The van der Waals surface area contributed by atoms with Crippen LogP contribution in [0.2, 0.25) is 0 Å². The molecule has 7 nitrogen and oxygen atoms in total. The van der Waals surface area contributed by atoms with Crippen LogP contribution in [0.3, 0.4) is 0 Å². The molecule has 3 heterocycles. The Labute approximate surface area is 189 Å². The maximum absolute atomic E-state index is 5.98. The van der Waals surface area contributed by atoms with Crippen LogP contribution in [-0.2, 0) is 25.8 Å². The van der Waals surface area contributed by atoms with Crippen molar-refractivity contribution in [1.29, 1.82) is 0 Å². The molecule has 0 amide bonds. The van der Waals surface area contributed by atoms with E-state index in [0.29, 0.717) is 0 Å². The van der Waals surface area contributed by atoms with E-state index >= 15 is 0 Å². The number of benzene rings is 1. The van der Waals surface area contributed by atoms with Crippen LogP contribution >= 0.6 is 24.0 Å². The van der Waals surface area contributed by atoms with Crippen LogP contribution < -0.4 is 15.4 Å². The molecule has 1 aromatic heterocycles. The molecule has 2 aromatic rings. The lowest BCUT2D eigenvalue weighted by molar-refractivity contribution is 0.235. The van der Waals surface area contributed by atoms with E-state index in [1.165, 1.54) is 24.8 Å². The molecule has 158 valence electrons. The van der Waals surface area contributed by atoms with Gasteiger partial charge in [0.2, 0.25) is 0 Å². The smallest absolute Gasteiger partial charge is 0.191 e. The third-order valence-electron chi connectivity index (χ3n) is 5.49. The Balaban J connectivity index is 0.00000240. The highest BCUT2D eigenvalue weighted by atomic mass is 127. The lowest BCUT2D eigenvalue weighted by Gasteiger charge is -2.15. The predicted molar refractivity (Wildman–Crippen MR) is 125 cm³/mol. The highest BCUT2D eigenvalue weighted by Crippen LogP contribution is 2.27. The summed E-state index contributed by atoms with van der Waals surface area (Å²) in [5.74, 6) is 4.11. The number of aliphatic imine (C=N–C) groups is 1. The number of fused-ring (bicyclic) bond motifs is 2. The van der Waals surface area contributed by atoms with E-state index in [1.807, 2.05) is 12.1 Å². The molecule has 2 aliphatic heterocycles. The van der Waals surface area contributed by atoms with Crippen molar-refractivity contribution < 1.29 is 4.74 Å². The molecule has 2 N–H and O–H groups in total. The molecule has 1 aromatic carbocycles. The minimum atomic E-state index is 0. The van der Waals surface area contributed by atoms with E-state index in [-0.39, 0.29) is 30.1 Å². The Morgan fingerprint density at radius 3 is 2.97 bits per heavy atom. The second-order valence-electron chi connectivity index (χ2n) is 7.53. The molecule has 1 unspecified atom stereocenters. The number of hydrogen-bond acceptors (Lipinski definition) is 4. The van der Waals surface area contributed by atoms with Crippen LogP contribution in [-0.4, -0.2) is 47.0 Å². The Morgan fingerprint density at radius 2 is 2.10 bits per heavy atom. The van der Waals surface area contributed by atoms with Crippen molar-refractivity contribution in [1.82, 2.24) is 25.4 Å². The van der Waals surface area contributed by atoms with E-state index in [2.05, 4.69) is 42.5 Å². The SMILES string of the molecule is CN=C(NCCCc1nnc2n1CCCCC2)NCC1Cc2ccccc2O1.I. The van der Waals surface area contributed by atoms with Crippen LogP contribution in [0.4, 0.5) is 0 Å². The second-order valence-corrected chi connectivity index (χ2v) is 7.53. The summed E-state index contributed by atoms with van der Waals surface area (Å²) >= 11 is 0. The maximum Gasteiger partial charge on any atom is 0.191 e. The van der Waals surface area contributed by atoms with Crippen molar-refractivity contribution in [2.24, 2.45) is 4.99 Å². The third kappa shape index (κ3) is 5.61. The highest BCUT2D eigenvalue weighted by molar-refractivity contribution is 14.0. The van der Waals surface area contributed by atoms with Gasteiger partial charge in [-0.1, -0.05) is 24.6 Å². The number of halogens is 1. The molecule has 0 radical (unpaired) electrons. The molecule has 4 rings (SSSR count). The van der Waals surface area contributed by atoms with E-state index in [4.69, 9.17) is 4.74 Å². The molecule has 8 heteroatoms. The van der Waals surface area contributed by atoms with Crippen LogP contribution in [0, 0.1) is 0 Å². The fourth-order valence-electron chi connectivity index (χ4n) is 3.98. The number of guanidine groups is 1. The quantitative estimate of drug-likeness (QED) is 0.271. The molecule has 0 fully saturated rings. The topological polar surface area (TPSA) is 76.4 Å². The maximum atomic E-state index is 5.98. The van der Waals surface area contributed by atoms with Crippen molar-refractivity contribution in [2.45, 2.75) is 57.6 Å². The summed E-state index contributed by atoms with van der Waals surface area (Å²) in [6.07, 6.45) is 7.87. The van der Waals surface area contributed by atoms with E-state index in [0.717, 1.165) is 68.7 Å². The number of aromatic nitrogens is 3. The summed E-state index contributed by atoms with van der Waals surface area (Å²) in [6.45, 7) is 2.66. The van der Waals surface area contributed by atoms with Gasteiger partial charge in [-0.05, 0) is 30.9 Å². The van der Waals surface area contributed by atoms with Crippen molar-refractivity contribution in [2.75, 3.05) is 20.1 Å². The van der Waals surface area contributed by atoms with E-state index < -0.39 is 0 Å². The minimum absolute atomic E-state index is 0. The largest absolute Gasteiger partial charge is 0.488 e. The van der Waals surface area contributed by atoms with Gasteiger partial charge in [-0.25, -0.2) is 0 Å². The number of nitrogens with zero attached hydrogens (tertiary/aromatic N) is 4. The molecule has 29 heavy (non-hydrogen) atoms. The number of hydrogen-bond donors (Lipinski definition) is 2. The molecule has 0 aliphatic carbocycles. The lowest BCUT2D eigenvalue weighted by atomic mass is 10.1. The summed E-state index contributed by atoms with van der Waals surface area (Å²) in [4.78, 5) is 4.32. The monoisotopic (exact) mass is 510 g/mol. The first-order valence-electron chi connectivity index (χ1n) is 10.4. The molecule has 0 bridgehead atoms. The van der Waals surface area contributed by atoms with Gasteiger partial charge in [0.25, 0.3) is 0 Å². The number of rotatable bonds is 6. The third-order valence-corrected chi connectivity index (χ3v) is 5.49. The number of para-hydroxylation sites is 1. The van der Waals surface area contributed by atoms with E-state index in [9.17, 15) is 0 Å². The van der Waals surface area contributed by atoms with Gasteiger partial charge in [0.1, 0.15) is 23.5 Å². The summed E-state index contributed by atoms with van der Waals surface area (Å²) in [5.41, 5.74) is 1.28. The first-order valence-corrected chi connectivity index (χ1v) is 10.4. The van der Waals surface area contributed by atoms with Crippen LogP contribution in [0.5, 0.6) is 5.75 Å². The van der Waals surface area contributed by atoms with E-state index in [1.54, 1.807) is 7.05 Å². The standard InChI is InChI=1S/C21H30N6O.HI/c1-22-21(24-15-17-14-16-8-4-5-9-18(16)28-17)23-12-7-11-20-26-25-19-10-3-2-6-13-27(19)20;/h4-5,8-9,17H,2-3,6-7,10-15H2,1H3,(H2,22,23,24);1H. The van der Waals surface area contributed by atoms with Gasteiger partial charge < -0.3 is 19.9 Å². The van der Waals surface area contributed by atoms with Gasteiger partial charge in [-0.15, -0.1) is 34.2 Å². The fraction of sp³-hybridized carbons (Fsp3) is 0.571. The molecule has 0 saturated heterocycles. The Hall–Kier alpha value is -1.84. The van der Waals surface area contributed by atoms with Gasteiger partial charge in [0, 0.05) is 39.4 Å². The fourth-order valence-corrected chi connectivity index (χ4v) is 3.98.